The highest BCUT2D eigenvalue weighted by Crippen LogP contribution is 2.33. The van der Waals surface area contributed by atoms with E-state index in [0.717, 1.165) is 12.8 Å². The Bertz CT molecular complexity index is 662. The van der Waals surface area contributed by atoms with Crippen LogP contribution in [0, 0.1) is 0 Å². The molecule has 2 amide bonds. The Balaban J connectivity index is 1.66. The van der Waals surface area contributed by atoms with E-state index in [9.17, 15) is 9.59 Å². The summed E-state index contributed by atoms with van der Waals surface area (Å²) in [6, 6.07) is 3.11. The number of urea groups is 1. The summed E-state index contributed by atoms with van der Waals surface area (Å²) in [5, 5.41) is 7.01. The maximum atomic E-state index is 12.4. The lowest BCUT2D eigenvalue weighted by molar-refractivity contribution is -0.0879. The molecule has 0 aliphatic carbocycles. The van der Waals surface area contributed by atoms with Crippen LogP contribution in [0.5, 0.6) is 0 Å². The van der Waals surface area contributed by atoms with Crippen LogP contribution in [-0.4, -0.2) is 64.8 Å². The fraction of sp³-hybridized carbons (Fsp3) is 0.706. The maximum Gasteiger partial charge on any atom is 0.317 e. The first kappa shape index (κ1) is 17.9. The van der Waals surface area contributed by atoms with Crippen molar-refractivity contribution in [2.45, 2.75) is 51.0 Å². The topological polar surface area (TPSA) is 85.7 Å². The van der Waals surface area contributed by atoms with E-state index < -0.39 is 5.60 Å². The minimum Gasteiger partial charge on any atom is -0.377 e. The molecule has 2 atom stereocenters. The molecule has 8 heteroatoms. The number of carbonyl (C=O) groups is 1. The summed E-state index contributed by atoms with van der Waals surface area (Å²) in [5.74, 6) is 0. The number of nitrogens with zero attached hydrogens (tertiary/aromatic N) is 3. The van der Waals surface area contributed by atoms with Gasteiger partial charge in [0.2, 0.25) is 0 Å². The van der Waals surface area contributed by atoms with Gasteiger partial charge in [0.05, 0.1) is 32.4 Å². The summed E-state index contributed by atoms with van der Waals surface area (Å²) < 4.78 is 13.4. The van der Waals surface area contributed by atoms with Crippen LogP contribution in [-0.2, 0) is 16.0 Å². The molecule has 0 unspecified atom stereocenters. The van der Waals surface area contributed by atoms with Gasteiger partial charge in [-0.3, -0.25) is 4.79 Å². The van der Waals surface area contributed by atoms with Gasteiger partial charge >= 0.3 is 6.03 Å². The van der Waals surface area contributed by atoms with Crippen molar-refractivity contribution in [1.29, 1.82) is 0 Å². The Morgan fingerprint density at radius 3 is 3.12 bits per heavy atom. The van der Waals surface area contributed by atoms with Crippen LogP contribution in [0.25, 0.3) is 0 Å². The monoisotopic (exact) mass is 350 g/mol. The molecular formula is C17H26N4O4. The van der Waals surface area contributed by atoms with Crippen LogP contribution < -0.4 is 10.9 Å². The van der Waals surface area contributed by atoms with Gasteiger partial charge in [-0.15, -0.1) is 0 Å². The Hall–Kier alpha value is -1.93. The van der Waals surface area contributed by atoms with Crippen molar-refractivity contribution >= 4 is 6.03 Å². The molecule has 1 aromatic heterocycles. The highest BCUT2D eigenvalue weighted by molar-refractivity contribution is 5.74. The predicted octanol–water partition coefficient (Wildman–Crippen LogP) is 0.611. The van der Waals surface area contributed by atoms with Gasteiger partial charge in [-0.25, -0.2) is 9.48 Å². The zero-order valence-electron chi connectivity index (χ0n) is 14.8. The molecule has 25 heavy (non-hydrogen) atoms. The Labute approximate surface area is 147 Å². The summed E-state index contributed by atoms with van der Waals surface area (Å²) in [7, 11) is 0. The van der Waals surface area contributed by atoms with Crippen molar-refractivity contribution < 1.29 is 14.3 Å². The van der Waals surface area contributed by atoms with Gasteiger partial charge in [0.15, 0.2) is 0 Å². The molecule has 2 aliphatic rings. The Morgan fingerprint density at radius 2 is 2.36 bits per heavy atom. The average molecular weight is 350 g/mol. The first-order valence-electron chi connectivity index (χ1n) is 8.81. The number of ether oxygens (including phenoxy) is 2. The van der Waals surface area contributed by atoms with Crippen LogP contribution >= 0.6 is 0 Å². The average Bonchev–Trinajstić information content (AvgIpc) is 2.81. The zero-order valence-corrected chi connectivity index (χ0v) is 14.8. The van der Waals surface area contributed by atoms with Gasteiger partial charge in [0.1, 0.15) is 5.60 Å². The second kappa shape index (κ2) is 7.53. The third-order valence-corrected chi connectivity index (χ3v) is 4.55. The number of rotatable bonds is 3. The predicted molar refractivity (Wildman–Crippen MR) is 91.4 cm³/mol. The molecule has 3 rings (SSSR count). The zero-order chi connectivity index (χ0) is 17.9. The molecule has 8 nitrogen and oxygen atoms in total. The molecule has 1 spiro atoms. The fourth-order valence-corrected chi connectivity index (χ4v) is 3.38. The van der Waals surface area contributed by atoms with E-state index in [1.54, 1.807) is 17.2 Å². The van der Waals surface area contributed by atoms with Gasteiger partial charge in [-0.05, 0) is 32.8 Å². The number of carbonyl (C=O) groups excluding carboxylic acids is 1. The van der Waals surface area contributed by atoms with Gasteiger partial charge in [-0.2, -0.15) is 5.10 Å². The number of hydrogen-bond acceptors (Lipinski definition) is 5. The SMILES string of the molecule is CC(C)NC(=O)N1CCOC[C@@]2(CC[C@@H](Cn3ncccc3=O)O2)C1. The fourth-order valence-electron chi connectivity index (χ4n) is 3.38. The second-order valence-electron chi connectivity index (χ2n) is 7.08. The minimum absolute atomic E-state index is 0.0842. The van der Waals surface area contributed by atoms with Crippen LogP contribution in [0.4, 0.5) is 4.79 Å². The highest BCUT2D eigenvalue weighted by atomic mass is 16.6. The van der Waals surface area contributed by atoms with Crippen molar-refractivity contribution in [3.05, 3.63) is 28.7 Å². The molecule has 2 aliphatic heterocycles. The number of amides is 2. The lowest BCUT2D eigenvalue weighted by Gasteiger charge is -2.32. The van der Waals surface area contributed by atoms with E-state index in [4.69, 9.17) is 9.47 Å². The molecule has 0 bridgehead atoms. The summed E-state index contributed by atoms with van der Waals surface area (Å²) in [6.07, 6.45) is 3.10. The van der Waals surface area contributed by atoms with E-state index in [1.165, 1.54) is 10.7 Å². The van der Waals surface area contributed by atoms with Crippen molar-refractivity contribution in [3.8, 4) is 0 Å². The first-order chi connectivity index (χ1) is 12.0. The molecule has 2 saturated heterocycles. The first-order valence-corrected chi connectivity index (χ1v) is 8.81. The smallest absolute Gasteiger partial charge is 0.317 e. The van der Waals surface area contributed by atoms with E-state index in [-0.39, 0.29) is 23.7 Å². The van der Waals surface area contributed by atoms with Crippen molar-refractivity contribution in [1.82, 2.24) is 20.0 Å². The molecule has 1 N–H and O–H groups in total. The summed E-state index contributed by atoms with van der Waals surface area (Å²) in [4.78, 5) is 26.0. The third-order valence-electron chi connectivity index (χ3n) is 4.55. The van der Waals surface area contributed by atoms with Gasteiger partial charge in [0.25, 0.3) is 5.56 Å². The van der Waals surface area contributed by atoms with E-state index in [0.29, 0.717) is 32.8 Å². The molecule has 0 saturated carbocycles. The summed E-state index contributed by atoms with van der Waals surface area (Å²) in [6.45, 7) is 6.31. The molecule has 0 radical (unpaired) electrons. The van der Waals surface area contributed by atoms with E-state index in [2.05, 4.69) is 10.4 Å². The lowest BCUT2D eigenvalue weighted by atomic mass is 10.00. The summed E-state index contributed by atoms with van der Waals surface area (Å²) >= 11 is 0. The maximum absolute atomic E-state index is 12.4. The minimum atomic E-state index is -0.506. The van der Waals surface area contributed by atoms with Crippen LogP contribution in [0.15, 0.2) is 23.1 Å². The molecule has 0 aromatic carbocycles. The summed E-state index contributed by atoms with van der Waals surface area (Å²) in [5.41, 5.74) is -0.643. The number of hydrogen-bond donors (Lipinski definition) is 1. The highest BCUT2D eigenvalue weighted by Gasteiger charge is 2.44. The molecular weight excluding hydrogens is 324 g/mol. The van der Waals surface area contributed by atoms with Gasteiger partial charge < -0.3 is 19.7 Å². The van der Waals surface area contributed by atoms with Crippen LogP contribution in [0.3, 0.4) is 0 Å². The van der Waals surface area contributed by atoms with Crippen molar-refractivity contribution in [3.63, 3.8) is 0 Å². The van der Waals surface area contributed by atoms with Gasteiger partial charge in [0, 0.05) is 24.8 Å². The third kappa shape index (κ3) is 4.38. The lowest BCUT2D eigenvalue weighted by Crippen LogP contribution is -2.51. The number of aromatic nitrogens is 2. The standard InChI is InChI=1S/C17H26N4O4/c1-13(2)19-16(23)20-8-9-24-12-17(11-20)6-5-14(25-17)10-21-15(22)4-3-7-18-21/h3-4,7,13-14H,5-6,8-12H2,1-2H3,(H,19,23)/t14-,17+/m0/s1. The van der Waals surface area contributed by atoms with E-state index in [1.807, 2.05) is 13.8 Å². The van der Waals surface area contributed by atoms with Crippen LogP contribution in [0.1, 0.15) is 26.7 Å². The van der Waals surface area contributed by atoms with Crippen molar-refractivity contribution in [2.75, 3.05) is 26.3 Å². The largest absolute Gasteiger partial charge is 0.377 e. The number of nitrogens with one attached hydrogen (secondary N) is 1. The van der Waals surface area contributed by atoms with Crippen LogP contribution in [0.2, 0.25) is 0 Å². The Morgan fingerprint density at radius 1 is 1.52 bits per heavy atom. The molecule has 1 aromatic rings. The van der Waals surface area contributed by atoms with Crippen molar-refractivity contribution in [2.24, 2.45) is 0 Å². The second-order valence-corrected chi connectivity index (χ2v) is 7.08. The Kier molecular flexibility index (Phi) is 5.39. The molecule has 138 valence electrons. The van der Waals surface area contributed by atoms with E-state index >= 15 is 0 Å². The van der Waals surface area contributed by atoms with Gasteiger partial charge in [-0.1, -0.05) is 0 Å². The molecule has 2 fully saturated rings. The quantitative estimate of drug-likeness (QED) is 0.863. The normalized spacial score (nSPS) is 26.8. The molecule has 3 heterocycles.